The van der Waals surface area contributed by atoms with Gasteiger partial charge in [0.15, 0.2) is 0 Å². The first-order valence-corrected chi connectivity index (χ1v) is 10.6. The fourth-order valence-corrected chi connectivity index (χ4v) is 4.92. The molecular weight excluding hydrogens is 370 g/mol. The van der Waals surface area contributed by atoms with E-state index in [9.17, 15) is 4.79 Å². The lowest BCUT2D eigenvalue weighted by Crippen LogP contribution is -2.15. The van der Waals surface area contributed by atoms with Crippen LogP contribution in [-0.4, -0.2) is 4.98 Å². The van der Waals surface area contributed by atoms with Crippen LogP contribution in [0.2, 0.25) is 0 Å². The lowest BCUT2D eigenvalue weighted by molar-refractivity contribution is 0.534. The van der Waals surface area contributed by atoms with Crippen LogP contribution in [0.4, 0.5) is 0 Å². The molecule has 0 unspecified atom stereocenters. The fourth-order valence-electron chi connectivity index (χ4n) is 4.92. The summed E-state index contributed by atoms with van der Waals surface area (Å²) in [6.45, 7) is 0. The molecule has 0 amide bonds. The molecule has 0 fully saturated rings. The van der Waals surface area contributed by atoms with E-state index in [0.29, 0.717) is 5.58 Å². The standard InChI is InChI=1S/C27H21NO2/c29-27-20-14-8-7-13-19(20)24-22(30-27)16-15-21-23(17-9-3-1-4-10-17)25(28-26(21)24)18-11-5-2-6-12-18/h1-6,9-12,15-16,28H,7-8,13-14H2. The molecule has 2 heterocycles. The number of rotatable bonds is 2. The van der Waals surface area contributed by atoms with Gasteiger partial charge in [-0.15, -0.1) is 0 Å². The Bertz CT molecular complexity index is 1440. The van der Waals surface area contributed by atoms with Gasteiger partial charge in [-0.3, -0.25) is 0 Å². The van der Waals surface area contributed by atoms with E-state index in [1.807, 2.05) is 18.2 Å². The zero-order chi connectivity index (χ0) is 20.1. The van der Waals surface area contributed by atoms with Gasteiger partial charge in [0.2, 0.25) is 0 Å². The smallest absolute Gasteiger partial charge is 0.339 e. The van der Waals surface area contributed by atoms with Crippen molar-refractivity contribution in [3.05, 3.63) is 94.3 Å². The molecule has 0 bridgehead atoms. The molecule has 0 aliphatic heterocycles. The molecule has 146 valence electrons. The topological polar surface area (TPSA) is 46.0 Å². The SMILES string of the molecule is O=c1oc2ccc3c(-c4ccccc4)c(-c4ccccc4)[nH]c3c2c2c1CCCC2. The lowest BCUT2D eigenvalue weighted by Gasteiger charge is -2.16. The van der Waals surface area contributed by atoms with Gasteiger partial charge in [-0.2, -0.15) is 0 Å². The van der Waals surface area contributed by atoms with Crippen molar-refractivity contribution in [1.82, 2.24) is 4.98 Å². The first-order valence-electron chi connectivity index (χ1n) is 10.6. The number of benzene rings is 3. The van der Waals surface area contributed by atoms with E-state index in [1.165, 1.54) is 16.7 Å². The summed E-state index contributed by atoms with van der Waals surface area (Å²) in [5.74, 6) is 0. The molecule has 6 rings (SSSR count). The summed E-state index contributed by atoms with van der Waals surface area (Å²) in [7, 11) is 0. The Morgan fingerprint density at radius 2 is 1.40 bits per heavy atom. The molecule has 0 saturated carbocycles. The van der Waals surface area contributed by atoms with Gasteiger partial charge < -0.3 is 9.40 Å². The second kappa shape index (κ2) is 6.74. The van der Waals surface area contributed by atoms with E-state index >= 15 is 0 Å². The number of aromatic nitrogens is 1. The molecule has 0 radical (unpaired) electrons. The van der Waals surface area contributed by atoms with Crippen LogP contribution in [0.15, 0.2) is 82.0 Å². The minimum atomic E-state index is -0.172. The third-order valence-corrected chi connectivity index (χ3v) is 6.28. The summed E-state index contributed by atoms with van der Waals surface area (Å²) in [4.78, 5) is 16.3. The van der Waals surface area contributed by atoms with Gasteiger partial charge in [0.1, 0.15) is 5.58 Å². The maximum atomic E-state index is 12.6. The van der Waals surface area contributed by atoms with E-state index in [0.717, 1.165) is 58.8 Å². The molecule has 1 aliphatic carbocycles. The molecule has 0 atom stereocenters. The van der Waals surface area contributed by atoms with E-state index in [2.05, 4.69) is 59.6 Å². The maximum Gasteiger partial charge on any atom is 0.339 e. The quantitative estimate of drug-likeness (QED) is 0.350. The van der Waals surface area contributed by atoms with Crippen molar-refractivity contribution < 1.29 is 4.42 Å². The van der Waals surface area contributed by atoms with E-state index in [-0.39, 0.29) is 5.63 Å². The van der Waals surface area contributed by atoms with Gasteiger partial charge in [-0.1, -0.05) is 60.7 Å². The van der Waals surface area contributed by atoms with E-state index in [4.69, 9.17) is 4.42 Å². The predicted molar refractivity (Wildman–Crippen MR) is 122 cm³/mol. The van der Waals surface area contributed by atoms with Gasteiger partial charge >= 0.3 is 5.63 Å². The van der Waals surface area contributed by atoms with Crippen LogP contribution >= 0.6 is 0 Å². The van der Waals surface area contributed by atoms with Gasteiger partial charge in [-0.05, 0) is 54.5 Å². The van der Waals surface area contributed by atoms with Crippen molar-refractivity contribution in [3.63, 3.8) is 0 Å². The Hall–Kier alpha value is -3.59. The van der Waals surface area contributed by atoms with E-state index < -0.39 is 0 Å². The Labute approximate surface area is 174 Å². The first kappa shape index (κ1) is 17.3. The highest BCUT2D eigenvalue weighted by atomic mass is 16.4. The number of hydrogen-bond donors (Lipinski definition) is 1. The molecule has 3 heteroatoms. The lowest BCUT2D eigenvalue weighted by atomic mass is 9.89. The molecule has 1 N–H and O–H groups in total. The predicted octanol–water partition coefficient (Wildman–Crippen LogP) is 6.49. The third-order valence-electron chi connectivity index (χ3n) is 6.28. The van der Waals surface area contributed by atoms with Crippen LogP contribution in [-0.2, 0) is 12.8 Å². The molecular formula is C27H21NO2. The highest BCUT2D eigenvalue weighted by Crippen LogP contribution is 2.42. The summed E-state index contributed by atoms with van der Waals surface area (Å²) < 4.78 is 5.75. The van der Waals surface area contributed by atoms with Crippen molar-refractivity contribution in [1.29, 1.82) is 0 Å². The summed E-state index contributed by atoms with van der Waals surface area (Å²) in [5, 5.41) is 2.23. The van der Waals surface area contributed by atoms with Crippen LogP contribution in [0.5, 0.6) is 0 Å². The molecule has 2 aromatic heterocycles. The Kier molecular flexibility index (Phi) is 3.88. The van der Waals surface area contributed by atoms with Gasteiger partial charge in [0.05, 0.1) is 11.2 Å². The van der Waals surface area contributed by atoms with Crippen LogP contribution < -0.4 is 5.63 Å². The van der Waals surface area contributed by atoms with Crippen LogP contribution in [0.3, 0.4) is 0 Å². The summed E-state index contributed by atoms with van der Waals surface area (Å²) >= 11 is 0. The Morgan fingerprint density at radius 1 is 0.733 bits per heavy atom. The van der Waals surface area contributed by atoms with Crippen molar-refractivity contribution in [2.75, 3.05) is 0 Å². The number of aromatic amines is 1. The van der Waals surface area contributed by atoms with Crippen molar-refractivity contribution >= 4 is 21.9 Å². The van der Waals surface area contributed by atoms with Crippen LogP contribution in [0, 0.1) is 0 Å². The second-order valence-corrected chi connectivity index (χ2v) is 8.02. The number of fused-ring (bicyclic) bond motifs is 5. The van der Waals surface area contributed by atoms with Crippen LogP contribution in [0.25, 0.3) is 44.3 Å². The Balaban J connectivity index is 1.78. The van der Waals surface area contributed by atoms with Gasteiger partial charge in [0, 0.05) is 21.9 Å². The molecule has 1 aliphatic rings. The summed E-state index contributed by atoms with van der Waals surface area (Å²) in [5.41, 5.74) is 8.20. The van der Waals surface area contributed by atoms with Crippen molar-refractivity contribution in [2.45, 2.75) is 25.7 Å². The number of H-pyrrole nitrogens is 1. The monoisotopic (exact) mass is 391 g/mol. The number of aryl methyl sites for hydroxylation is 1. The summed E-state index contributed by atoms with van der Waals surface area (Å²) in [6, 6.07) is 25.0. The van der Waals surface area contributed by atoms with Crippen molar-refractivity contribution in [2.24, 2.45) is 0 Å². The maximum absolute atomic E-state index is 12.6. The molecule has 0 spiro atoms. The molecule has 30 heavy (non-hydrogen) atoms. The first-order chi connectivity index (χ1) is 14.8. The molecule has 5 aromatic rings. The normalized spacial score (nSPS) is 13.6. The largest absolute Gasteiger partial charge is 0.422 e. The molecule has 3 aromatic carbocycles. The van der Waals surface area contributed by atoms with Crippen molar-refractivity contribution in [3.8, 4) is 22.4 Å². The molecule has 3 nitrogen and oxygen atoms in total. The summed E-state index contributed by atoms with van der Waals surface area (Å²) in [6.07, 6.45) is 3.90. The minimum Gasteiger partial charge on any atom is -0.422 e. The van der Waals surface area contributed by atoms with E-state index in [1.54, 1.807) is 0 Å². The average Bonchev–Trinajstić information content (AvgIpc) is 3.20. The zero-order valence-corrected chi connectivity index (χ0v) is 16.6. The second-order valence-electron chi connectivity index (χ2n) is 8.02. The Morgan fingerprint density at radius 3 is 2.13 bits per heavy atom. The highest BCUT2D eigenvalue weighted by Gasteiger charge is 2.23. The molecule has 0 saturated heterocycles. The van der Waals surface area contributed by atoms with Gasteiger partial charge in [-0.25, -0.2) is 4.79 Å². The third kappa shape index (κ3) is 2.55. The highest BCUT2D eigenvalue weighted by molar-refractivity contribution is 6.14. The number of hydrogen-bond acceptors (Lipinski definition) is 2. The number of nitrogens with one attached hydrogen (secondary N) is 1. The van der Waals surface area contributed by atoms with Crippen LogP contribution in [0.1, 0.15) is 24.0 Å². The average molecular weight is 391 g/mol. The van der Waals surface area contributed by atoms with Gasteiger partial charge in [0.25, 0.3) is 0 Å². The zero-order valence-electron chi connectivity index (χ0n) is 16.6. The fraction of sp³-hybridized carbons (Fsp3) is 0.148. The minimum absolute atomic E-state index is 0.172.